The molecule has 2 aromatic rings. The van der Waals surface area contributed by atoms with Crippen LogP contribution in [-0.4, -0.2) is 13.2 Å². The fourth-order valence-corrected chi connectivity index (χ4v) is 2.32. The minimum atomic E-state index is 0.523. The highest BCUT2D eigenvalue weighted by Gasteiger charge is 2.04. The fourth-order valence-electron chi connectivity index (χ4n) is 2.32. The Bertz CT molecular complexity index is 590. The van der Waals surface area contributed by atoms with E-state index < -0.39 is 0 Å². The highest BCUT2D eigenvalue weighted by atomic mass is 16.5. The lowest BCUT2D eigenvalue weighted by atomic mass is 10.0. The summed E-state index contributed by atoms with van der Waals surface area (Å²) in [5.74, 6) is 1.46. The second-order valence-corrected chi connectivity index (χ2v) is 5.76. The molecule has 0 saturated carbocycles. The van der Waals surface area contributed by atoms with Gasteiger partial charge in [0, 0.05) is 12.2 Å². The van der Waals surface area contributed by atoms with E-state index in [1.807, 2.05) is 6.07 Å². The smallest absolute Gasteiger partial charge is 0.119 e. The molecule has 112 valence electrons. The van der Waals surface area contributed by atoms with Crippen molar-refractivity contribution in [2.24, 2.45) is 0 Å². The Morgan fingerprint density at radius 2 is 1.76 bits per heavy atom. The topological polar surface area (TPSA) is 21.3 Å². The molecule has 0 atom stereocenters. The first-order valence-corrected chi connectivity index (χ1v) is 7.61. The molecule has 0 heterocycles. The van der Waals surface area contributed by atoms with Gasteiger partial charge in [0.1, 0.15) is 12.4 Å². The monoisotopic (exact) mass is 283 g/mol. The molecule has 0 radical (unpaired) electrons. The van der Waals surface area contributed by atoms with Gasteiger partial charge in [0.05, 0.1) is 0 Å². The lowest BCUT2D eigenvalue weighted by Gasteiger charge is -2.15. The van der Waals surface area contributed by atoms with E-state index in [1.165, 1.54) is 22.4 Å². The summed E-state index contributed by atoms with van der Waals surface area (Å²) in [7, 11) is 0. The highest BCUT2D eigenvalue weighted by molar-refractivity contribution is 5.52. The zero-order valence-corrected chi connectivity index (χ0v) is 13.4. The van der Waals surface area contributed by atoms with Crippen molar-refractivity contribution >= 4 is 5.69 Å². The fraction of sp³-hybridized carbons (Fsp3) is 0.368. The Labute approximate surface area is 128 Å². The van der Waals surface area contributed by atoms with E-state index in [1.54, 1.807) is 0 Å². The molecule has 2 heteroatoms. The van der Waals surface area contributed by atoms with Gasteiger partial charge in [-0.15, -0.1) is 0 Å². The quantitative estimate of drug-likeness (QED) is 0.760. The van der Waals surface area contributed by atoms with Gasteiger partial charge in [0.2, 0.25) is 0 Å². The van der Waals surface area contributed by atoms with Gasteiger partial charge in [0.25, 0.3) is 0 Å². The molecule has 2 nitrogen and oxygen atoms in total. The Hall–Kier alpha value is -1.96. The summed E-state index contributed by atoms with van der Waals surface area (Å²) in [6.45, 7) is 10.1. The number of para-hydroxylation sites is 1. The summed E-state index contributed by atoms with van der Waals surface area (Å²) in [5.41, 5.74) is 5.12. The molecule has 0 aliphatic heterocycles. The molecule has 0 amide bonds. The van der Waals surface area contributed by atoms with Crippen molar-refractivity contribution in [1.29, 1.82) is 0 Å². The number of nitrogens with one attached hydrogen (secondary N) is 1. The maximum absolute atomic E-state index is 5.80. The van der Waals surface area contributed by atoms with Crippen LogP contribution >= 0.6 is 0 Å². The van der Waals surface area contributed by atoms with Crippen LogP contribution in [0.15, 0.2) is 42.5 Å². The van der Waals surface area contributed by atoms with Gasteiger partial charge in [0.15, 0.2) is 0 Å². The maximum Gasteiger partial charge on any atom is 0.119 e. The van der Waals surface area contributed by atoms with E-state index in [9.17, 15) is 0 Å². The number of anilines is 1. The Morgan fingerprint density at radius 3 is 2.48 bits per heavy atom. The van der Waals surface area contributed by atoms with E-state index >= 15 is 0 Å². The Balaban J connectivity index is 1.86. The van der Waals surface area contributed by atoms with Gasteiger partial charge in [-0.2, -0.15) is 0 Å². The molecule has 0 saturated heterocycles. The molecule has 2 aromatic carbocycles. The molecule has 1 N–H and O–H groups in total. The van der Waals surface area contributed by atoms with Crippen LogP contribution in [-0.2, 0) is 0 Å². The van der Waals surface area contributed by atoms with Crippen molar-refractivity contribution in [2.75, 3.05) is 18.5 Å². The Morgan fingerprint density at radius 1 is 1.00 bits per heavy atom. The first-order valence-electron chi connectivity index (χ1n) is 7.61. The molecular formula is C19H25NO. The summed E-state index contributed by atoms with van der Waals surface area (Å²) in [4.78, 5) is 0. The number of hydrogen-bond donors (Lipinski definition) is 1. The molecular weight excluding hydrogens is 258 g/mol. The third kappa shape index (κ3) is 4.25. The predicted molar refractivity (Wildman–Crippen MR) is 90.4 cm³/mol. The predicted octanol–water partition coefficient (Wildman–Crippen LogP) is 4.92. The summed E-state index contributed by atoms with van der Waals surface area (Å²) in [6, 6.07) is 14.7. The summed E-state index contributed by atoms with van der Waals surface area (Å²) >= 11 is 0. The van der Waals surface area contributed by atoms with Crippen LogP contribution in [0.4, 0.5) is 5.69 Å². The van der Waals surface area contributed by atoms with E-state index in [4.69, 9.17) is 4.74 Å². The van der Waals surface area contributed by atoms with Crippen LogP contribution in [0.5, 0.6) is 5.75 Å². The van der Waals surface area contributed by atoms with Crippen LogP contribution in [0.1, 0.15) is 36.5 Å². The number of hydrogen-bond acceptors (Lipinski definition) is 2. The summed E-state index contributed by atoms with van der Waals surface area (Å²) < 4.78 is 5.80. The van der Waals surface area contributed by atoms with Crippen molar-refractivity contribution in [3.05, 3.63) is 59.2 Å². The van der Waals surface area contributed by atoms with Gasteiger partial charge in [-0.3, -0.25) is 0 Å². The molecule has 0 aromatic heterocycles. The van der Waals surface area contributed by atoms with Crippen molar-refractivity contribution in [1.82, 2.24) is 0 Å². The average molecular weight is 283 g/mol. The van der Waals surface area contributed by atoms with E-state index in [2.05, 4.69) is 69.4 Å². The molecule has 0 spiro atoms. The van der Waals surface area contributed by atoms with Crippen molar-refractivity contribution in [2.45, 2.75) is 33.6 Å². The number of rotatable bonds is 6. The summed E-state index contributed by atoms with van der Waals surface area (Å²) in [5, 5.41) is 3.47. The second-order valence-electron chi connectivity index (χ2n) is 5.76. The molecule has 21 heavy (non-hydrogen) atoms. The molecule has 2 rings (SSSR count). The first-order chi connectivity index (χ1) is 10.1. The largest absolute Gasteiger partial charge is 0.492 e. The van der Waals surface area contributed by atoms with Gasteiger partial charge < -0.3 is 10.1 Å². The summed E-state index contributed by atoms with van der Waals surface area (Å²) in [6.07, 6.45) is 0. The second kappa shape index (κ2) is 7.16. The van der Waals surface area contributed by atoms with Gasteiger partial charge >= 0.3 is 0 Å². The average Bonchev–Trinajstić information content (AvgIpc) is 2.47. The standard InChI is InChI=1S/C19H25NO/c1-14(2)18-7-5-6-8-19(18)20-11-12-21-17-10-9-15(3)16(4)13-17/h5-10,13-14,20H,11-12H2,1-4H3. The minimum Gasteiger partial charge on any atom is -0.492 e. The number of benzene rings is 2. The van der Waals surface area contributed by atoms with Gasteiger partial charge in [-0.1, -0.05) is 38.1 Å². The molecule has 0 bridgehead atoms. The lowest BCUT2D eigenvalue weighted by Crippen LogP contribution is -2.13. The van der Waals surface area contributed by atoms with Crippen LogP contribution in [0, 0.1) is 13.8 Å². The highest BCUT2D eigenvalue weighted by Crippen LogP contribution is 2.23. The molecule has 0 aliphatic carbocycles. The molecule has 0 unspecified atom stereocenters. The molecule has 0 aliphatic rings. The zero-order valence-electron chi connectivity index (χ0n) is 13.4. The number of aryl methyl sites for hydroxylation is 2. The third-order valence-electron chi connectivity index (χ3n) is 3.75. The van der Waals surface area contributed by atoms with Crippen molar-refractivity contribution in [3.8, 4) is 5.75 Å². The minimum absolute atomic E-state index is 0.523. The van der Waals surface area contributed by atoms with E-state index in [0.29, 0.717) is 12.5 Å². The van der Waals surface area contributed by atoms with Crippen LogP contribution < -0.4 is 10.1 Å². The zero-order chi connectivity index (χ0) is 15.2. The maximum atomic E-state index is 5.80. The number of ether oxygens (including phenoxy) is 1. The van der Waals surface area contributed by atoms with Gasteiger partial charge in [-0.05, 0) is 54.7 Å². The first kappa shape index (κ1) is 15.4. The van der Waals surface area contributed by atoms with Gasteiger partial charge in [-0.25, -0.2) is 0 Å². The van der Waals surface area contributed by atoms with Crippen LogP contribution in [0.2, 0.25) is 0 Å². The SMILES string of the molecule is Cc1ccc(OCCNc2ccccc2C(C)C)cc1C. The van der Waals surface area contributed by atoms with Crippen molar-refractivity contribution < 1.29 is 4.74 Å². The van der Waals surface area contributed by atoms with Crippen LogP contribution in [0.3, 0.4) is 0 Å². The normalized spacial score (nSPS) is 10.7. The lowest BCUT2D eigenvalue weighted by molar-refractivity contribution is 0.332. The Kier molecular flexibility index (Phi) is 5.26. The van der Waals surface area contributed by atoms with E-state index in [0.717, 1.165) is 12.3 Å². The molecule has 0 fully saturated rings. The third-order valence-corrected chi connectivity index (χ3v) is 3.75. The van der Waals surface area contributed by atoms with Crippen molar-refractivity contribution in [3.63, 3.8) is 0 Å². The van der Waals surface area contributed by atoms with Crippen LogP contribution in [0.25, 0.3) is 0 Å². The van der Waals surface area contributed by atoms with E-state index in [-0.39, 0.29) is 0 Å².